The summed E-state index contributed by atoms with van der Waals surface area (Å²) in [4.78, 5) is 11.0. The zero-order valence-corrected chi connectivity index (χ0v) is 10.2. The largest absolute Gasteiger partial charge is 0.303 e. The number of aromatic nitrogens is 2. The van der Waals surface area contributed by atoms with E-state index in [9.17, 15) is 0 Å². The molecule has 0 N–H and O–H groups in total. The van der Waals surface area contributed by atoms with Crippen LogP contribution in [0.25, 0.3) is 0 Å². The lowest BCUT2D eigenvalue weighted by Crippen LogP contribution is -2.25. The van der Waals surface area contributed by atoms with Crippen LogP contribution in [-0.2, 0) is 12.3 Å². The minimum atomic E-state index is 0.459. The molecule has 0 unspecified atom stereocenters. The highest BCUT2D eigenvalue weighted by atomic mass is 35.5. The van der Waals surface area contributed by atoms with Crippen molar-refractivity contribution in [2.24, 2.45) is 0 Å². The number of hydrogen-bond donors (Lipinski definition) is 0. The Bertz CT molecular complexity index is 287. The minimum absolute atomic E-state index is 0.459. The summed E-state index contributed by atoms with van der Waals surface area (Å²) >= 11 is 5.72. The van der Waals surface area contributed by atoms with Crippen molar-refractivity contribution in [3.63, 3.8) is 0 Å². The number of alkyl halides is 1. The number of nitrogens with zero attached hydrogens (tertiary/aromatic N) is 3. The minimum Gasteiger partial charge on any atom is -0.303 e. The molecule has 1 aromatic rings. The predicted molar refractivity (Wildman–Crippen MR) is 63.1 cm³/mol. The first-order valence-electron chi connectivity index (χ1n) is 5.39. The third-order valence-corrected chi connectivity index (χ3v) is 2.72. The fourth-order valence-electron chi connectivity index (χ4n) is 1.43. The smallest absolute Gasteiger partial charge is 0.129 e. The summed E-state index contributed by atoms with van der Waals surface area (Å²) in [6.07, 6.45) is 2.68. The number of likely N-dealkylation sites (N-methyl/N-ethyl adjacent to an activating group) is 1. The van der Waals surface area contributed by atoms with Gasteiger partial charge in [-0.25, -0.2) is 9.97 Å². The molecule has 1 aromatic heterocycles. The van der Waals surface area contributed by atoms with Gasteiger partial charge in [0.25, 0.3) is 0 Å². The molecule has 0 aliphatic carbocycles. The predicted octanol–water partition coefficient (Wildman–Crippen LogP) is 2.10. The molecule has 0 radical (unpaired) electrons. The summed E-state index contributed by atoms with van der Waals surface area (Å²) in [5, 5.41) is 0. The van der Waals surface area contributed by atoms with Gasteiger partial charge in [0.1, 0.15) is 5.82 Å². The molecule has 0 fully saturated rings. The highest BCUT2D eigenvalue weighted by Crippen LogP contribution is 2.01. The van der Waals surface area contributed by atoms with Crippen LogP contribution in [0.5, 0.6) is 0 Å². The Morgan fingerprint density at radius 2 is 2.07 bits per heavy atom. The average Bonchev–Trinajstić information content (AvgIpc) is 2.31. The standard InChI is InChI=1S/C11H18ClN3/c1-3-15(4-2)8-6-11-13-7-5-10(9-12)14-11/h5,7H,3-4,6,8-9H2,1-2H3. The van der Waals surface area contributed by atoms with E-state index in [0.717, 1.165) is 37.6 Å². The zero-order valence-electron chi connectivity index (χ0n) is 9.41. The second-order valence-corrected chi connectivity index (χ2v) is 3.64. The van der Waals surface area contributed by atoms with Crippen molar-refractivity contribution in [3.8, 4) is 0 Å². The van der Waals surface area contributed by atoms with E-state index in [1.54, 1.807) is 6.20 Å². The van der Waals surface area contributed by atoms with Crippen molar-refractivity contribution in [1.29, 1.82) is 0 Å². The van der Waals surface area contributed by atoms with Gasteiger partial charge in [-0.15, -0.1) is 11.6 Å². The van der Waals surface area contributed by atoms with Gasteiger partial charge >= 0.3 is 0 Å². The van der Waals surface area contributed by atoms with Crippen molar-refractivity contribution in [3.05, 3.63) is 23.8 Å². The van der Waals surface area contributed by atoms with Crippen molar-refractivity contribution in [1.82, 2.24) is 14.9 Å². The lowest BCUT2D eigenvalue weighted by Gasteiger charge is -2.16. The van der Waals surface area contributed by atoms with Gasteiger partial charge in [0.2, 0.25) is 0 Å². The molecule has 4 heteroatoms. The van der Waals surface area contributed by atoms with Crippen LogP contribution in [0.4, 0.5) is 0 Å². The van der Waals surface area contributed by atoms with Crippen LogP contribution in [0.1, 0.15) is 25.4 Å². The van der Waals surface area contributed by atoms with Crippen LogP contribution >= 0.6 is 11.6 Å². The normalized spacial score (nSPS) is 10.9. The monoisotopic (exact) mass is 227 g/mol. The fourth-order valence-corrected chi connectivity index (χ4v) is 1.58. The molecule has 0 amide bonds. The van der Waals surface area contributed by atoms with E-state index in [0.29, 0.717) is 5.88 Å². The Kier molecular flexibility index (Phi) is 5.58. The maximum atomic E-state index is 5.72. The first kappa shape index (κ1) is 12.4. The SMILES string of the molecule is CCN(CC)CCc1nccc(CCl)n1. The maximum absolute atomic E-state index is 5.72. The van der Waals surface area contributed by atoms with Gasteiger partial charge in [0, 0.05) is 19.2 Å². The number of halogens is 1. The molecule has 0 saturated heterocycles. The Balaban J connectivity index is 2.49. The molecule has 15 heavy (non-hydrogen) atoms. The second kappa shape index (κ2) is 6.75. The molecule has 0 atom stereocenters. The Morgan fingerprint density at radius 1 is 1.33 bits per heavy atom. The summed E-state index contributed by atoms with van der Waals surface area (Å²) in [7, 11) is 0. The average molecular weight is 228 g/mol. The van der Waals surface area contributed by atoms with E-state index in [2.05, 4.69) is 28.7 Å². The lowest BCUT2D eigenvalue weighted by molar-refractivity contribution is 0.305. The van der Waals surface area contributed by atoms with Crippen molar-refractivity contribution >= 4 is 11.6 Å². The van der Waals surface area contributed by atoms with Crippen LogP contribution in [0.3, 0.4) is 0 Å². The molecule has 0 aromatic carbocycles. The highest BCUT2D eigenvalue weighted by molar-refractivity contribution is 6.16. The first-order valence-corrected chi connectivity index (χ1v) is 5.92. The molecule has 0 aliphatic rings. The maximum Gasteiger partial charge on any atom is 0.129 e. The molecular weight excluding hydrogens is 210 g/mol. The van der Waals surface area contributed by atoms with Gasteiger partial charge in [0.15, 0.2) is 0 Å². The molecule has 0 bridgehead atoms. The van der Waals surface area contributed by atoms with Gasteiger partial charge in [0.05, 0.1) is 11.6 Å². The first-order chi connectivity index (χ1) is 7.30. The van der Waals surface area contributed by atoms with Gasteiger partial charge in [-0.2, -0.15) is 0 Å². The number of rotatable bonds is 6. The van der Waals surface area contributed by atoms with Crippen molar-refractivity contribution in [2.45, 2.75) is 26.1 Å². The van der Waals surface area contributed by atoms with E-state index < -0.39 is 0 Å². The quantitative estimate of drug-likeness (QED) is 0.697. The summed E-state index contributed by atoms with van der Waals surface area (Å²) in [6.45, 7) is 7.50. The molecule has 1 heterocycles. The van der Waals surface area contributed by atoms with Crippen LogP contribution < -0.4 is 0 Å². The van der Waals surface area contributed by atoms with Gasteiger partial charge in [-0.05, 0) is 19.2 Å². The van der Waals surface area contributed by atoms with Crippen LogP contribution in [0, 0.1) is 0 Å². The lowest BCUT2D eigenvalue weighted by atomic mass is 10.3. The molecular formula is C11H18ClN3. The summed E-state index contributed by atoms with van der Waals surface area (Å²) in [6, 6.07) is 1.86. The molecule has 3 nitrogen and oxygen atoms in total. The summed E-state index contributed by atoms with van der Waals surface area (Å²) in [5.74, 6) is 1.35. The zero-order chi connectivity index (χ0) is 11.1. The van der Waals surface area contributed by atoms with E-state index in [1.165, 1.54) is 0 Å². The third kappa shape index (κ3) is 4.14. The number of hydrogen-bond acceptors (Lipinski definition) is 3. The Hall–Kier alpha value is -0.670. The molecule has 0 aliphatic heterocycles. The summed E-state index contributed by atoms with van der Waals surface area (Å²) < 4.78 is 0. The van der Waals surface area contributed by atoms with E-state index in [1.807, 2.05) is 6.07 Å². The third-order valence-electron chi connectivity index (χ3n) is 2.45. The molecule has 1 rings (SSSR count). The molecule has 0 saturated carbocycles. The van der Waals surface area contributed by atoms with E-state index >= 15 is 0 Å². The van der Waals surface area contributed by atoms with Gasteiger partial charge in [-0.1, -0.05) is 13.8 Å². The Labute approximate surface area is 96.5 Å². The van der Waals surface area contributed by atoms with E-state index in [4.69, 9.17) is 11.6 Å². The molecule has 84 valence electrons. The van der Waals surface area contributed by atoms with Crippen LogP contribution in [-0.4, -0.2) is 34.5 Å². The van der Waals surface area contributed by atoms with Crippen molar-refractivity contribution in [2.75, 3.05) is 19.6 Å². The van der Waals surface area contributed by atoms with Gasteiger partial charge < -0.3 is 4.90 Å². The summed E-state index contributed by atoms with van der Waals surface area (Å²) in [5.41, 5.74) is 0.904. The fraction of sp³-hybridized carbons (Fsp3) is 0.636. The second-order valence-electron chi connectivity index (χ2n) is 3.37. The van der Waals surface area contributed by atoms with Crippen molar-refractivity contribution < 1.29 is 0 Å². The topological polar surface area (TPSA) is 29.0 Å². The van der Waals surface area contributed by atoms with Crippen LogP contribution in [0.2, 0.25) is 0 Å². The Morgan fingerprint density at radius 3 is 2.67 bits per heavy atom. The molecule has 0 spiro atoms. The van der Waals surface area contributed by atoms with Crippen LogP contribution in [0.15, 0.2) is 12.3 Å². The van der Waals surface area contributed by atoms with E-state index in [-0.39, 0.29) is 0 Å². The highest BCUT2D eigenvalue weighted by Gasteiger charge is 2.02. The van der Waals surface area contributed by atoms with Gasteiger partial charge in [-0.3, -0.25) is 0 Å².